The molecule has 2 aromatic heterocycles. The van der Waals surface area contributed by atoms with Gasteiger partial charge in [-0.25, -0.2) is 19.0 Å². The van der Waals surface area contributed by atoms with Crippen molar-refractivity contribution in [1.29, 1.82) is 0 Å². The Bertz CT molecular complexity index is 1510. The lowest BCUT2D eigenvalue weighted by atomic mass is 9.95. The smallest absolute Gasteiger partial charge is 0.164 e. The van der Waals surface area contributed by atoms with E-state index in [-0.39, 0.29) is 17.9 Å². The minimum absolute atomic E-state index is 0.0362. The van der Waals surface area contributed by atoms with Crippen molar-refractivity contribution in [3.05, 3.63) is 60.9 Å². The molecule has 4 aromatic rings. The number of fused-ring (bicyclic) bond motifs is 1. The van der Waals surface area contributed by atoms with Crippen molar-refractivity contribution in [1.82, 2.24) is 34.9 Å². The van der Waals surface area contributed by atoms with E-state index in [9.17, 15) is 0 Å². The van der Waals surface area contributed by atoms with Crippen LogP contribution < -0.4 is 15.8 Å². The molecule has 2 aromatic carbocycles. The summed E-state index contributed by atoms with van der Waals surface area (Å²) in [6.45, 7) is 5.01. The van der Waals surface area contributed by atoms with Crippen molar-refractivity contribution in [2.45, 2.75) is 43.6 Å². The molecule has 3 fully saturated rings. The SMILES string of the molecule is [2H]N([2H])c1ncnc2c1c(-c1ccc(Oc3ccccc3)cc1)nn2C1CCN(C2CCN(C3CNC3)CC2F)CC1. The van der Waals surface area contributed by atoms with Gasteiger partial charge in [-0.15, -0.1) is 0 Å². The van der Waals surface area contributed by atoms with Gasteiger partial charge in [-0.3, -0.25) is 9.80 Å². The molecular weight excluding hydrogens is 507 g/mol. The lowest BCUT2D eigenvalue weighted by molar-refractivity contribution is -0.00460. The first-order valence-electron chi connectivity index (χ1n) is 15.1. The molecular formula is C30H35FN8O. The number of piperidine rings is 2. The Balaban J connectivity index is 1.11. The number of alkyl halides is 1. The first-order chi connectivity index (χ1) is 20.5. The molecule has 0 bridgehead atoms. The summed E-state index contributed by atoms with van der Waals surface area (Å²) >= 11 is 0. The van der Waals surface area contributed by atoms with Crippen LogP contribution in [-0.2, 0) is 0 Å². The second-order valence-corrected chi connectivity index (χ2v) is 11.1. The number of ether oxygens (including phenoxy) is 1. The van der Waals surface area contributed by atoms with E-state index in [1.54, 1.807) is 0 Å². The number of nitrogens with zero attached hydrogens (tertiary/aromatic N) is 6. The average molecular weight is 545 g/mol. The van der Waals surface area contributed by atoms with E-state index in [4.69, 9.17) is 12.7 Å². The number of rotatable bonds is 7. The summed E-state index contributed by atoms with van der Waals surface area (Å²) in [5.41, 5.74) is 2.57. The quantitative estimate of drug-likeness (QED) is 0.362. The summed E-state index contributed by atoms with van der Waals surface area (Å²) in [5, 5.41) is 8.88. The van der Waals surface area contributed by atoms with Crippen LogP contribution in [0.25, 0.3) is 22.3 Å². The van der Waals surface area contributed by atoms with Gasteiger partial charge >= 0.3 is 0 Å². The summed E-state index contributed by atoms with van der Waals surface area (Å²) in [5.74, 6) is 1.62. The number of aromatic nitrogens is 4. The van der Waals surface area contributed by atoms with Gasteiger partial charge in [0.2, 0.25) is 0 Å². The first-order valence-corrected chi connectivity index (χ1v) is 14.2. The van der Waals surface area contributed by atoms with Crippen molar-refractivity contribution in [3.63, 3.8) is 0 Å². The number of hydrogen-bond acceptors (Lipinski definition) is 8. The third kappa shape index (κ3) is 4.80. The largest absolute Gasteiger partial charge is 0.457 e. The molecule has 7 rings (SSSR count). The van der Waals surface area contributed by atoms with Crippen LogP contribution >= 0.6 is 0 Å². The van der Waals surface area contributed by atoms with Gasteiger partial charge in [0.25, 0.3) is 0 Å². The molecule has 3 aliphatic heterocycles. The highest BCUT2D eigenvalue weighted by Gasteiger charge is 2.38. The topological polar surface area (TPSA) is 97.4 Å². The molecule has 5 heterocycles. The third-order valence-electron chi connectivity index (χ3n) is 8.70. The summed E-state index contributed by atoms with van der Waals surface area (Å²) in [4.78, 5) is 13.4. The van der Waals surface area contributed by atoms with Gasteiger partial charge in [0, 0.05) is 56.9 Å². The van der Waals surface area contributed by atoms with Crippen LogP contribution in [0, 0.1) is 0 Å². The van der Waals surface area contributed by atoms with Gasteiger partial charge in [0.1, 0.15) is 35.5 Å². The highest BCUT2D eigenvalue weighted by Crippen LogP contribution is 2.36. The molecule has 0 radical (unpaired) electrons. The Labute approximate surface area is 236 Å². The Morgan fingerprint density at radius 2 is 1.65 bits per heavy atom. The molecule has 3 saturated heterocycles. The minimum Gasteiger partial charge on any atom is -0.457 e. The van der Waals surface area contributed by atoms with Crippen LogP contribution in [0.4, 0.5) is 10.2 Å². The number of para-hydroxylation sites is 1. The van der Waals surface area contributed by atoms with Gasteiger partial charge in [-0.05, 0) is 55.7 Å². The molecule has 40 heavy (non-hydrogen) atoms. The number of nitrogens with one attached hydrogen (secondary N) is 1. The van der Waals surface area contributed by atoms with Crippen molar-refractivity contribution in [3.8, 4) is 22.8 Å². The van der Waals surface area contributed by atoms with Crippen LogP contribution in [0.3, 0.4) is 0 Å². The number of nitrogens with two attached hydrogens (primary N) is 1. The summed E-state index contributed by atoms with van der Waals surface area (Å²) in [6.07, 6.45) is 3.06. The van der Waals surface area contributed by atoms with Gasteiger partial charge in [0.15, 0.2) is 8.47 Å². The molecule has 2 unspecified atom stereocenters. The lowest BCUT2D eigenvalue weighted by Gasteiger charge is -2.47. The zero-order valence-corrected chi connectivity index (χ0v) is 22.4. The van der Waals surface area contributed by atoms with Gasteiger partial charge < -0.3 is 15.8 Å². The maximum Gasteiger partial charge on any atom is 0.164 e. The van der Waals surface area contributed by atoms with Crippen LogP contribution in [0.1, 0.15) is 25.3 Å². The molecule has 208 valence electrons. The molecule has 0 amide bonds. The number of anilines is 1. The Hall–Kier alpha value is -3.60. The van der Waals surface area contributed by atoms with Crippen LogP contribution in [0.5, 0.6) is 11.5 Å². The van der Waals surface area contributed by atoms with E-state index in [0.29, 0.717) is 40.8 Å². The van der Waals surface area contributed by atoms with Crippen LogP contribution in [0.2, 0.25) is 2.82 Å². The molecule has 2 atom stereocenters. The lowest BCUT2D eigenvalue weighted by Crippen LogP contribution is -2.63. The fraction of sp³-hybridized carbons (Fsp3) is 0.433. The number of benzene rings is 2. The Kier molecular flexibility index (Phi) is 6.22. The zero-order chi connectivity index (χ0) is 28.6. The standard InChI is InChI=1S/C30H35FN8O/c31-25-18-38(22-16-33-17-22)15-12-26(25)37-13-10-21(11-14-37)39-30-27(29(32)34-19-35-30)28(36-39)20-6-8-24(9-7-20)40-23-4-2-1-3-5-23/h1-9,19,21-22,25-26,33H,10-18H2,(H2,32,34,35)/i/hD2. The summed E-state index contributed by atoms with van der Waals surface area (Å²) in [7, 11) is 0. The fourth-order valence-electron chi connectivity index (χ4n) is 6.37. The van der Waals surface area contributed by atoms with E-state index >= 15 is 4.39 Å². The molecule has 9 nitrogen and oxygen atoms in total. The fourth-order valence-corrected chi connectivity index (χ4v) is 6.37. The molecule has 3 aliphatic rings. The normalized spacial score (nSPS) is 23.9. The zero-order valence-electron chi connectivity index (χ0n) is 24.4. The van der Waals surface area contributed by atoms with E-state index in [2.05, 4.69) is 25.1 Å². The van der Waals surface area contributed by atoms with E-state index in [1.807, 2.05) is 59.3 Å². The molecule has 0 spiro atoms. The predicted molar refractivity (Wildman–Crippen MR) is 153 cm³/mol. The Morgan fingerprint density at radius 3 is 2.35 bits per heavy atom. The first kappa shape index (κ1) is 23.1. The molecule has 0 saturated carbocycles. The third-order valence-corrected chi connectivity index (χ3v) is 8.70. The van der Waals surface area contributed by atoms with E-state index in [1.165, 1.54) is 6.33 Å². The number of nitrogen functional groups attached to an aromatic ring is 1. The van der Waals surface area contributed by atoms with Gasteiger partial charge in [0.05, 0.1) is 11.4 Å². The Morgan fingerprint density at radius 1 is 0.900 bits per heavy atom. The van der Waals surface area contributed by atoms with E-state index in [0.717, 1.165) is 63.3 Å². The number of likely N-dealkylation sites (tertiary alicyclic amines) is 2. The molecule has 10 heteroatoms. The highest BCUT2D eigenvalue weighted by molar-refractivity contribution is 5.98. The van der Waals surface area contributed by atoms with Gasteiger partial charge in [-0.2, -0.15) is 5.10 Å². The highest BCUT2D eigenvalue weighted by atomic mass is 19.1. The molecule has 3 N–H and O–H groups in total. The number of hydrogen-bond donors (Lipinski definition) is 2. The van der Waals surface area contributed by atoms with Crippen molar-refractivity contribution in [2.24, 2.45) is 0 Å². The maximum absolute atomic E-state index is 15.3. The van der Waals surface area contributed by atoms with Crippen molar-refractivity contribution in [2.75, 3.05) is 45.0 Å². The maximum atomic E-state index is 15.3. The summed E-state index contributed by atoms with van der Waals surface area (Å²) in [6, 6.07) is 17.7. The van der Waals surface area contributed by atoms with Crippen LogP contribution in [-0.4, -0.2) is 87.1 Å². The van der Waals surface area contributed by atoms with Crippen molar-refractivity contribution >= 4 is 16.9 Å². The van der Waals surface area contributed by atoms with Crippen molar-refractivity contribution < 1.29 is 12.0 Å². The molecule has 0 aliphatic carbocycles. The van der Waals surface area contributed by atoms with Crippen LogP contribution in [0.15, 0.2) is 60.9 Å². The predicted octanol–water partition coefficient (Wildman–Crippen LogP) is 3.89. The monoisotopic (exact) mass is 544 g/mol. The summed E-state index contributed by atoms with van der Waals surface area (Å²) < 4.78 is 39.2. The second-order valence-electron chi connectivity index (χ2n) is 11.1. The number of halogens is 1. The van der Waals surface area contributed by atoms with Gasteiger partial charge in [-0.1, -0.05) is 18.2 Å². The second kappa shape index (κ2) is 10.8. The van der Waals surface area contributed by atoms with E-state index < -0.39 is 6.17 Å². The average Bonchev–Trinajstić information content (AvgIpc) is 3.37. The minimum atomic E-state index is -0.836.